The van der Waals surface area contributed by atoms with E-state index in [0.29, 0.717) is 13.2 Å². The molecule has 1 aliphatic heterocycles. The van der Waals surface area contributed by atoms with Gasteiger partial charge in [0.15, 0.2) is 0 Å². The van der Waals surface area contributed by atoms with E-state index in [1.54, 1.807) is 6.92 Å². The molecule has 0 aliphatic carbocycles. The van der Waals surface area contributed by atoms with Crippen molar-refractivity contribution in [2.45, 2.75) is 12.3 Å². The second kappa shape index (κ2) is 3.67. The van der Waals surface area contributed by atoms with Crippen molar-refractivity contribution in [3.63, 3.8) is 0 Å². The molecule has 0 saturated carbocycles. The first kappa shape index (κ1) is 10.5. The Bertz CT molecular complexity index is 582. The predicted octanol–water partition coefficient (Wildman–Crippen LogP) is 2.70. The fraction of sp³-hybridized carbons (Fsp3) is 0.267. The van der Waals surface area contributed by atoms with E-state index >= 15 is 0 Å². The lowest BCUT2D eigenvalue weighted by molar-refractivity contribution is -0.140. The number of carbonyl (C=O) groups excluding carboxylic acids is 1. The summed E-state index contributed by atoms with van der Waals surface area (Å²) in [6, 6.07) is 14.4. The molecule has 17 heavy (non-hydrogen) atoms. The Morgan fingerprint density at radius 2 is 1.82 bits per heavy atom. The van der Waals surface area contributed by atoms with Gasteiger partial charge in [-0.2, -0.15) is 0 Å². The Morgan fingerprint density at radius 1 is 1.12 bits per heavy atom. The van der Waals surface area contributed by atoms with Gasteiger partial charge in [0.2, 0.25) is 0 Å². The molecule has 0 atom stereocenters. The summed E-state index contributed by atoms with van der Waals surface area (Å²) in [5, 5.41) is 2.38. The minimum atomic E-state index is -0.399. The third-order valence-electron chi connectivity index (χ3n) is 3.67. The standard InChI is InChI=1S/C15H14O2/c1-11(16)15(9-17-10-15)14-7-6-12-4-2-3-5-13(12)8-14/h2-8H,9-10H2,1H3. The number of hydrogen-bond donors (Lipinski definition) is 0. The zero-order valence-electron chi connectivity index (χ0n) is 9.77. The quantitative estimate of drug-likeness (QED) is 0.787. The molecule has 2 nitrogen and oxygen atoms in total. The van der Waals surface area contributed by atoms with Gasteiger partial charge in [-0.05, 0) is 29.3 Å². The first-order valence-electron chi connectivity index (χ1n) is 5.80. The van der Waals surface area contributed by atoms with Crippen molar-refractivity contribution in [1.29, 1.82) is 0 Å². The first-order chi connectivity index (χ1) is 8.22. The predicted molar refractivity (Wildman–Crippen MR) is 67.1 cm³/mol. The van der Waals surface area contributed by atoms with Crippen LogP contribution >= 0.6 is 0 Å². The Morgan fingerprint density at radius 3 is 2.41 bits per heavy atom. The van der Waals surface area contributed by atoms with Crippen LogP contribution in [0.15, 0.2) is 42.5 Å². The lowest BCUT2D eigenvalue weighted by atomic mass is 9.75. The highest BCUT2D eigenvalue weighted by molar-refractivity contribution is 5.91. The number of Topliss-reactive ketones (excluding diaryl/α,β-unsaturated/α-hetero) is 1. The number of rotatable bonds is 2. The maximum absolute atomic E-state index is 11.8. The molecule has 3 rings (SSSR count). The van der Waals surface area contributed by atoms with Crippen LogP contribution in [-0.4, -0.2) is 19.0 Å². The number of hydrogen-bond acceptors (Lipinski definition) is 2. The normalized spacial score (nSPS) is 17.7. The van der Waals surface area contributed by atoms with E-state index < -0.39 is 5.41 Å². The molecule has 0 unspecified atom stereocenters. The second-order valence-corrected chi connectivity index (χ2v) is 4.69. The minimum Gasteiger partial charge on any atom is -0.378 e. The van der Waals surface area contributed by atoms with E-state index in [4.69, 9.17) is 4.74 Å². The van der Waals surface area contributed by atoms with Crippen molar-refractivity contribution in [1.82, 2.24) is 0 Å². The largest absolute Gasteiger partial charge is 0.378 e. The highest BCUT2D eigenvalue weighted by Gasteiger charge is 2.44. The van der Waals surface area contributed by atoms with Crippen LogP contribution in [0.1, 0.15) is 12.5 Å². The molecule has 1 aliphatic rings. The van der Waals surface area contributed by atoms with Gasteiger partial charge in [0.1, 0.15) is 11.2 Å². The number of ether oxygens (including phenoxy) is 1. The Hall–Kier alpha value is -1.67. The van der Waals surface area contributed by atoms with E-state index in [-0.39, 0.29) is 5.78 Å². The maximum Gasteiger partial charge on any atom is 0.145 e. The SMILES string of the molecule is CC(=O)C1(c2ccc3ccccc3c2)COC1. The van der Waals surface area contributed by atoms with E-state index in [2.05, 4.69) is 24.3 Å². The van der Waals surface area contributed by atoms with E-state index in [0.717, 1.165) is 5.56 Å². The third kappa shape index (κ3) is 1.48. The number of ketones is 1. The summed E-state index contributed by atoms with van der Waals surface area (Å²) >= 11 is 0. The molecule has 0 amide bonds. The summed E-state index contributed by atoms with van der Waals surface area (Å²) < 4.78 is 5.25. The topological polar surface area (TPSA) is 26.3 Å². The maximum atomic E-state index is 11.8. The summed E-state index contributed by atoms with van der Waals surface area (Å²) in [5.74, 6) is 0.194. The van der Waals surface area contributed by atoms with Crippen LogP contribution in [0.3, 0.4) is 0 Å². The average molecular weight is 226 g/mol. The van der Waals surface area contributed by atoms with Crippen molar-refractivity contribution >= 4 is 16.6 Å². The monoisotopic (exact) mass is 226 g/mol. The van der Waals surface area contributed by atoms with Gasteiger partial charge in [0.05, 0.1) is 13.2 Å². The number of benzene rings is 2. The van der Waals surface area contributed by atoms with Gasteiger partial charge >= 0.3 is 0 Å². The van der Waals surface area contributed by atoms with Gasteiger partial charge in [-0.25, -0.2) is 0 Å². The molecule has 86 valence electrons. The smallest absolute Gasteiger partial charge is 0.145 e. The molecule has 2 aromatic rings. The van der Waals surface area contributed by atoms with Gasteiger partial charge in [-0.15, -0.1) is 0 Å². The van der Waals surface area contributed by atoms with Crippen LogP contribution in [0, 0.1) is 0 Å². The third-order valence-corrected chi connectivity index (χ3v) is 3.67. The van der Waals surface area contributed by atoms with E-state index in [1.807, 2.05) is 18.2 Å². The molecule has 0 aromatic heterocycles. The molecule has 0 radical (unpaired) electrons. The molecule has 1 saturated heterocycles. The Labute approximate surface area is 100 Å². The lowest BCUT2D eigenvalue weighted by Crippen LogP contribution is -2.52. The highest BCUT2D eigenvalue weighted by Crippen LogP contribution is 2.34. The van der Waals surface area contributed by atoms with Gasteiger partial charge in [-0.3, -0.25) is 4.79 Å². The summed E-state index contributed by atoms with van der Waals surface area (Å²) in [4.78, 5) is 11.8. The molecule has 2 aromatic carbocycles. The zero-order chi connectivity index (χ0) is 11.9. The molecule has 2 heteroatoms. The van der Waals surface area contributed by atoms with Crippen molar-refractivity contribution in [2.75, 3.05) is 13.2 Å². The van der Waals surface area contributed by atoms with Crippen LogP contribution in [-0.2, 0) is 14.9 Å². The van der Waals surface area contributed by atoms with E-state index in [1.165, 1.54) is 10.8 Å². The fourth-order valence-electron chi connectivity index (χ4n) is 2.37. The summed E-state index contributed by atoms with van der Waals surface area (Å²) in [5.41, 5.74) is 0.680. The van der Waals surface area contributed by atoms with Gasteiger partial charge in [-0.1, -0.05) is 36.4 Å². The Balaban J connectivity index is 2.14. The van der Waals surface area contributed by atoms with E-state index in [9.17, 15) is 4.79 Å². The minimum absolute atomic E-state index is 0.194. The molecule has 0 N–H and O–H groups in total. The lowest BCUT2D eigenvalue weighted by Gasteiger charge is -2.39. The first-order valence-corrected chi connectivity index (χ1v) is 5.80. The summed E-state index contributed by atoms with van der Waals surface area (Å²) in [7, 11) is 0. The summed E-state index contributed by atoms with van der Waals surface area (Å²) in [6.45, 7) is 2.68. The van der Waals surface area contributed by atoms with Crippen molar-refractivity contribution in [2.24, 2.45) is 0 Å². The Kier molecular flexibility index (Phi) is 2.26. The van der Waals surface area contributed by atoms with Crippen molar-refractivity contribution < 1.29 is 9.53 Å². The van der Waals surface area contributed by atoms with Crippen LogP contribution in [0.4, 0.5) is 0 Å². The van der Waals surface area contributed by atoms with Crippen LogP contribution in [0.5, 0.6) is 0 Å². The number of fused-ring (bicyclic) bond motifs is 1. The van der Waals surface area contributed by atoms with Gasteiger partial charge in [0.25, 0.3) is 0 Å². The van der Waals surface area contributed by atoms with Gasteiger partial charge in [0, 0.05) is 0 Å². The average Bonchev–Trinajstić information content (AvgIpc) is 2.27. The van der Waals surface area contributed by atoms with Gasteiger partial charge < -0.3 is 4.74 Å². The molecule has 1 fully saturated rings. The van der Waals surface area contributed by atoms with Crippen LogP contribution in [0.25, 0.3) is 10.8 Å². The second-order valence-electron chi connectivity index (χ2n) is 4.69. The molecular formula is C15H14O2. The molecule has 0 spiro atoms. The van der Waals surface area contributed by atoms with Crippen LogP contribution in [0.2, 0.25) is 0 Å². The van der Waals surface area contributed by atoms with Crippen molar-refractivity contribution in [3.05, 3.63) is 48.0 Å². The van der Waals surface area contributed by atoms with Crippen molar-refractivity contribution in [3.8, 4) is 0 Å². The fourth-order valence-corrected chi connectivity index (χ4v) is 2.37. The molecule has 0 bridgehead atoms. The zero-order valence-corrected chi connectivity index (χ0v) is 9.77. The molecule has 1 heterocycles. The van der Waals surface area contributed by atoms with Crippen LogP contribution < -0.4 is 0 Å². The highest BCUT2D eigenvalue weighted by atomic mass is 16.5. The molecular weight excluding hydrogens is 212 g/mol. The number of carbonyl (C=O) groups is 1. The summed E-state index contributed by atoms with van der Waals surface area (Å²) in [6.07, 6.45) is 0.